The Hall–Kier alpha value is -3.02. The van der Waals surface area contributed by atoms with Gasteiger partial charge in [-0.1, -0.05) is 18.2 Å². The summed E-state index contributed by atoms with van der Waals surface area (Å²) in [6, 6.07) is 11.0. The van der Waals surface area contributed by atoms with Crippen LogP contribution in [0.25, 0.3) is 10.9 Å². The summed E-state index contributed by atoms with van der Waals surface area (Å²) >= 11 is 0. The molecule has 0 aliphatic carbocycles. The minimum Gasteiger partial charge on any atom is -0.460 e. The molecule has 2 aromatic heterocycles. The monoisotopic (exact) mass is 326 g/mol. The molecule has 0 unspecified atom stereocenters. The van der Waals surface area contributed by atoms with Gasteiger partial charge in [0, 0.05) is 17.1 Å². The maximum atomic E-state index is 12.1. The maximum Gasteiger partial charge on any atom is 0.374 e. The topological polar surface area (TPSA) is 84.3 Å². The number of hydrogen-bond acceptors (Lipinski definition) is 4. The second-order valence-electron chi connectivity index (χ2n) is 5.30. The number of fused-ring (bicyclic) bond motifs is 1. The first kappa shape index (κ1) is 15.9. The molecule has 0 aliphatic heterocycles. The van der Waals surface area contributed by atoms with Gasteiger partial charge >= 0.3 is 5.97 Å². The molecule has 0 atom stereocenters. The molecule has 0 bridgehead atoms. The van der Waals surface area contributed by atoms with E-state index in [9.17, 15) is 9.59 Å². The van der Waals surface area contributed by atoms with Crippen molar-refractivity contribution in [2.75, 3.05) is 6.61 Å². The minimum absolute atomic E-state index is 0.117. The molecule has 2 heterocycles. The van der Waals surface area contributed by atoms with E-state index in [0.717, 1.165) is 16.5 Å². The SMILES string of the molecule is CCOC(=O)c1ccc(CNC(=O)Cc2c[nH]c3ccccc23)o1. The van der Waals surface area contributed by atoms with Crippen molar-refractivity contribution in [3.05, 3.63) is 59.7 Å². The lowest BCUT2D eigenvalue weighted by atomic mass is 10.1. The van der Waals surface area contributed by atoms with Gasteiger partial charge in [-0.05, 0) is 30.7 Å². The first-order valence-electron chi connectivity index (χ1n) is 7.75. The molecule has 0 fully saturated rings. The number of hydrogen-bond donors (Lipinski definition) is 2. The summed E-state index contributed by atoms with van der Waals surface area (Å²) in [5.41, 5.74) is 1.94. The second-order valence-corrected chi connectivity index (χ2v) is 5.30. The largest absolute Gasteiger partial charge is 0.460 e. The standard InChI is InChI=1S/C18H18N2O4/c1-2-23-18(22)16-8-7-13(24-16)11-20-17(21)9-12-10-19-15-6-4-3-5-14(12)15/h3-8,10,19H,2,9,11H2,1H3,(H,20,21). The van der Waals surface area contributed by atoms with E-state index in [2.05, 4.69) is 10.3 Å². The van der Waals surface area contributed by atoms with Gasteiger partial charge in [0.2, 0.25) is 11.7 Å². The number of H-pyrrole nitrogens is 1. The van der Waals surface area contributed by atoms with Crippen LogP contribution in [0.5, 0.6) is 0 Å². The molecule has 0 aliphatic rings. The van der Waals surface area contributed by atoms with E-state index in [1.165, 1.54) is 0 Å². The average molecular weight is 326 g/mol. The minimum atomic E-state index is -0.506. The fourth-order valence-electron chi connectivity index (χ4n) is 2.48. The van der Waals surface area contributed by atoms with Crippen molar-refractivity contribution >= 4 is 22.8 Å². The Morgan fingerprint density at radius 2 is 2.04 bits per heavy atom. The number of ether oxygens (including phenoxy) is 1. The zero-order valence-corrected chi connectivity index (χ0v) is 13.3. The molecule has 124 valence electrons. The summed E-state index contributed by atoms with van der Waals surface area (Å²) in [5.74, 6) is 0.0192. The third kappa shape index (κ3) is 3.48. The van der Waals surface area contributed by atoms with Crippen molar-refractivity contribution in [2.24, 2.45) is 0 Å². The summed E-state index contributed by atoms with van der Waals surface area (Å²) in [5, 5.41) is 3.82. The van der Waals surface area contributed by atoms with E-state index in [1.807, 2.05) is 30.5 Å². The lowest BCUT2D eigenvalue weighted by Crippen LogP contribution is -2.24. The fourth-order valence-corrected chi connectivity index (χ4v) is 2.48. The summed E-state index contributed by atoms with van der Waals surface area (Å²) in [7, 11) is 0. The number of amides is 1. The van der Waals surface area contributed by atoms with E-state index in [1.54, 1.807) is 19.1 Å². The predicted octanol–water partition coefficient (Wildman–Crippen LogP) is 2.80. The van der Waals surface area contributed by atoms with Crippen molar-refractivity contribution in [3.63, 3.8) is 0 Å². The van der Waals surface area contributed by atoms with E-state index in [-0.39, 0.29) is 31.2 Å². The Morgan fingerprint density at radius 1 is 1.21 bits per heavy atom. The molecule has 24 heavy (non-hydrogen) atoms. The van der Waals surface area contributed by atoms with Crippen LogP contribution in [0, 0.1) is 0 Å². The third-order valence-corrected chi connectivity index (χ3v) is 3.62. The highest BCUT2D eigenvalue weighted by atomic mass is 16.5. The van der Waals surface area contributed by atoms with Gasteiger partial charge in [-0.15, -0.1) is 0 Å². The Morgan fingerprint density at radius 3 is 2.88 bits per heavy atom. The Balaban J connectivity index is 1.57. The van der Waals surface area contributed by atoms with Crippen LogP contribution in [-0.2, 0) is 22.5 Å². The molecule has 6 nitrogen and oxygen atoms in total. The Bertz CT molecular complexity index is 863. The van der Waals surface area contributed by atoms with Gasteiger partial charge in [-0.25, -0.2) is 4.79 Å². The van der Waals surface area contributed by atoms with Crippen LogP contribution >= 0.6 is 0 Å². The zero-order valence-electron chi connectivity index (χ0n) is 13.3. The van der Waals surface area contributed by atoms with Gasteiger partial charge in [0.25, 0.3) is 0 Å². The zero-order chi connectivity index (χ0) is 16.9. The van der Waals surface area contributed by atoms with Crippen LogP contribution < -0.4 is 5.32 Å². The van der Waals surface area contributed by atoms with Crippen molar-refractivity contribution in [1.29, 1.82) is 0 Å². The summed E-state index contributed by atoms with van der Waals surface area (Å²) in [6.45, 7) is 2.24. The van der Waals surface area contributed by atoms with Crippen molar-refractivity contribution in [3.8, 4) is 0 Å². The normalized spacial score (nSPS) is 10.7. The second kappa shape index (κ2) is 7.04. The van der Waals surface area contributed by atoms with Crippen LogP contribution in [-0.4, -0.2) is 23.5 Å². The summed E-state index contributed by atoms with van der Waals surface area (Å²) < 4.78 is 10.2. The number of para-hydroxylation sites is 1. The number of benzene rings is 1. The number of esters is 1. The van der Waals surface area contributed by atoms with E-state index in [4.69, 9.17) is 9.15 Å². The Kier molecular flexibility index (Phi) is 4.65. The molecular weight excluding hydrogens is 308 g/mol. The predicted molar refractivity (Wildman–Crippen MR) is 88.5 cm³/mol. The number of carbonyl (C=O) groups is 2. The quantitative estimate of drug-likeness (QED) is 0.682. The third-order valence-electron chi connectivity index (χ3n) is 3.62. The van der Waals surface area contributed by atoms with Gasteiger partial charge in [0.05, 0.1) is 19.6 Å². The van der Waals surface area contributed by atoms with Gasteiger partial charge in [-0.2, -0.15) is 0 Å². The average Bonchev–Trinajstić information content (AvgIpc) is 3.21. The van der Waals surface area contributed by atoms with E-state index in [0.29, 0.717) is 5.76 Å². The molecule has 3 aromatic rings. The van der Waals surface area contributed by atoms with Gasteiger partial charge < -0.3 is 19.5 Å². The van der Waals surface area contributed by atoms with E-state index >= 15 is 0 Å². The first-order valence-corrected chi connectivity index (χ1v) is 7.75. The molecule has 6 heteroatoms. The number of nitrogens with one attached hydrogen (secondary N) is 2. The number of rotatable bonds is 6. The molecule has 0 saturated heterocycles. The highest BCUT2D eigenvalue weighted by Crippen LogP contribution is 2.18. The first-order chi connectivity index (χ1) is 11.7. The van der Waals surface area contributed by atoms with Crippen LogP contribution in [0.15, 0.2) is 47.0 Å². The molecule has 0 saturated carbocycles. The number of furan rings is 1. The van der Waals surface area contributed by atoms with Gasteiger partial charge in [0.15, 0.2) is 0 Å². The molecule has 2 N–H and O–H groups in total. The Labute approximate surface area is 138 Å². The van der Waals surface area contributed by atoms with Crippen LogP contribution in [0.1, 0.15) is 28.8 Å². The molecule has 3 rings (SSSR count). The van der Waals surface area contributed by atoms with Crippen molar-refractivity contribution in [1.82, 2.24) is 10.3 Å². The van der Waals surface area contributed by atoms with Crippen molar-refractivity contribution < 1.29 is 18.7 Å². The number of aromatic amines is 1. The smallest absolute Gasteiger partial charge is 0.374 e. The summed E-state index contributed by atoms with van der Waals surface area (Å²) in [6.07, 6.45) is 2.12. The lowest BCUT2D eigenvalue weighted by molar-refractivity contribution is -0.120. The molecule has 0 spiro atoms. The van der Waals surface area contributed by atoms with E-state index < -0.39 is 5.97 Å². The molecule has 1 aromatic carbocycles. The molecule has 1 amide bonds. The van der Waals surface area contributed by atoms with Crippen LogP contribution in [0.4, 0.5) is 0 Å². The number of aromatic nitrogens is 1. The summed E-state index contributed by atoms with van der Waals surface area (Å²) in [4.78, 5) is 26.8. The maximum absolute atomic E-state index is 12.1. The number of carbonyl (C=O) groups excluding carboxylic acids is 2. The van der Waals surface area contributed by atoms with Crippen LogP contribution in [0.3, 0.4) is 0 Å². The fraction of sp³-hybridized carbons (Fsp3) is 0.222. The molecule has 0 radical (unpaired) electrons. The lowest BCUT2D eigenvalue weighted by Gasteiger charge is -2.03. The highest BCUT2D eigenvalue weighted by Gasteiger charge is 2.13. The van der Waals surface area contributed by atoms with Crippen LogP contribution in [0.2, 0.25) is 0 Å². The van der Waals surface area contributed by atoms with Gasteiger partial charge in [0.1, 0.15) is 5.76 Å². The highest BCUT2D eigenvalue weighted by molar-refractivity contribution is 5.89. The van der Waals surface area contributed by atoms with Gasteiger partial charge in [-0.3, -0.25) is 4.79 Å². The molecular formula is C18H18N2O4. The van der Waals surface area contributed by atoms with Crippen molar-refractivity contribution in [2.45, 2.75) is 19.9 Å².